The lowest BCUT2D eigenvalue weighted by atomic mass is 10.4. The number of aryl methyl sites for hydroxylation is 2. The molecule has 6 heteroatoms. The third-order valence-corrected chi connectivity index (χ3v) is 4.20. The average molecular weight is 314 g/mol. The highest BCUT2D eigenvalue weighted by molar-refractivity contribution is 7.99. The Hall–Kier alpha value is -2.08. The van der Waals surface area contributed by atoms with Crippen LogP contribution in [0, 0.1) is 13.8 Å². The van der Waals surface area contributed by atoms with Gasteiger partial charge in [0.25, 0.3) is 5.71 Å². The van der Waals surface area contributed by atoms with Crippen molar-refractivity contribution in [2.75, 3.05) is 17.6 Å². The van der Waals surface area contributed by atoms with Crippen LogP contribution in [-0.4, -0.2) is 27.2 Å². The molecule has 0 saturated heterocycles. The maximum atomic E-state index is 5.47. The van der Waals surface area contributed by atoms with Crippen molar-refractivity contribution in [3.8, 4) is 0 Å². The monoisotopic (exact) mass is 314 g/mol. The summed E-state index contributed by atoms with van der Waals surface area (Å²) in [7, 11) is 0. The number of anilines is 1. The van der Waals surface area contributed by atoms with Crippen molar-refractivity contribution >= 4 is 28.8 Å². The zero-order valence-electron chi connectivity index (χ0n) is 12.7. The molecule has 1 N–H and O–H groups in total. The summed E-state index contributed by atoms with van der Waals surface area (Å²) >= 11 is 1.86. The van der Waals surface area contributed by atoms with Crippen LogP contribution in [0.15, 0.2) is 39.6 Å². The summed E-state index contributed by atoms with van der Waals surface area (Å²) in [6.45, 7) is 4.52. The van der Waals surface area contributed by atoms with Crippen LogP contribution in [0.1, 0.15) is 18.1 Å². The second-order valence-electron chi connectivity index (χ2n) is 4.95. The van der Waals surface area contributed by atoms with E-state index in [0.29, 0.717) is 22.9 Å². The van der Waals surface area contributed by atoms with E-state index in [1.165, 1.54) is 4.90 Å². The Kier molecular flexibility index (Phi) is 4.58. The van der Waals surface area contributed by atoms with Gasteiger partial charge in [-0.2, -0.15) is 4.98 Å². The molecule has 0 radical (unpaired) electrons. The number of nitrogens with one attached hydrogen (secondary N) is 1. The molecule has 0 saturated carbocycles. The Labute approximate surface area is 133 Å². The first kappa shape index (κ1) is 14.8. The largest absolute Gasteiger partial charge is 0.422 e. The maximum Gasteiger partial charge on any atom is 0.252 e. The minimum absolute atomic E-state index is 0.547. The van der Waals surface area contributed by atoms with Crippen molar-refractivity contribution in [2.45, 2.75) is 25.2 Å². The topological polar surface area (TPSA) is 63.8 Å². The number of hydrogen-bond donors (Lipinski definition) is 1. The van der Waals surface area contributed by atoms with Gasteiger partial charge in [0.05, 0.1) is 0 Å². The molecular weight excluding hydrogens is 296 g/mol. The van der Waals surface area contributed by atoms with Crippen LogP contribution in [-0.2, 0) is 0 Å². The number of nitrogens with zero attached hydrogens (tertiary/aromatic N) is 3. The quantitative estimate of drug-likeness (QED) is 0.551. The van der Waals surface area contributed by atoms with Crippen molar-refractivity contribution in [1.29, 1.82) is 0 Å². The molecule has 0 aliphatic heterocycles. The third kappa shape index (κ3) is 3.57. The van der Waals surface area contributed by atoms with Crippen LogP contribution in [0.3, 0.4) is 0 Å². The van der Waals surface area contributed by atoms with E-state index in [1.54, 1.807) is 0 Å². The molecule has 0 atom stereocenters. The summed E-state index contributed by atoms with van der Waals surface area (Å²) in [6, 6.07) is 10.4. The second kappa shape index (κ2) is 6.79. The van der Waals surface area contributed by atoms with E-state index < -0.39 is 0 Å². The number of oxazole rings is 1. The highest BCUT2D eigenvalue weighted by atomic mass is 32.2. The Balaban J connectivity index is 1.55. The molecular formula is C16H18N4OS. The van der Waals surface area contributed by atoms with Crippen LogP contribution >= 0.6 is 11.8 Å². The van der Waals surface area contributed by atoms with Crippen molar-refractivity contribution in [3.05, 3.63) is 42.0 Å². The van der Waals surface area contributed by atoms with Crippen molar-refractivity contribution in [1.82, 2.24) is 15.0 Å². The molecule has 1 aromatic carbocycles. The van der Waals surface area contributed by atoms with Crippen molar-refractivity contribution in [2.24, 2.45) is 0 Å². The van der Waals surface area contributed by atoms with Crippen molar-refractivity contribution < 1.29 is 4.42 Å². The zero-order valence-corrected chi connectivity index (χ0v) is 13.5. The predicted molar refractivity (Wildman–Crippen MR) is 89.3 cm³/mol. The van der Waals surface area contributed by atoms with Crippen molar-refractivity contribution in [3.63, 3.8) is 0 Å². The van der Waals surface area contributed by atoms with Gasteiger partial charge in [0.1, 0.15) is 5.82 Å². The Morgan fingerprint density at radius 3 is 2.73 bits per heavy atom. The molecule has 3 rings (SSSR count). The van der Waals surface area contributed by atoms with Gasteiger partial charge < -0.3 is 9.73 Å². The first-order chi connectivity index (χ1) is 10.7. The number of fused-ring (bicyclic) bond motifs is 1. The molecule has 2 aromatic heterocycles. The first-order valence-corrected chi connectivity index (χ1v) is 8.24. The van der Waals surface area contributed by atoms with E-state index in [4.69, 9.17) is 4.42 Å². The summed E-state index contributed by atoms with van der Waals surface area (Å²) in [5.74, 6) is 3.11. The lowest BCUT2D eigenvalue weighted by Crippen LogP contribution is -2.06. The number of aromatic nitrogens is 3. The molecule has 5 nitrogen and oxygen atoms in total. The Morgan fingerprint density at radius 2 is 1.91 bits per heavy atom. The smallest absolute Gasteiger partial charge is 0.252 e. The Bertz CT molecular complexity index is 757. The fraction of sp³-hybridized carbons (Fsp3) is 0.312. The molecule has 0 fully saturated rings. The first-order valence-electron chi connectivity index (χ1n) is 7.26. The number of rotatable bonds is 6. The minimum Gasteiger partial charge on any atom is -0.422 e. The highest BCUT2D eigenvalue weighted by Crippen LogP contribution is 2.21. The molecule has 114 valence electrons. The number of hydrogen-bond acceptors (Lipinski definition) is 6. The van der Waals surface area contributed by atoms with Crippen LogP contribution < -0.4 is 5.32 Å². The van der Waals surface area contributed by atoms with E-state index in [2.05, 4.69) is 44.5 Å². The number of benzene rings is 1. The van der Waals surface area contributed by atoms with Gasteiger partial charge in [-0.3, -0.25) is 0 Å². The highest BCUT2D eigenvalue weighted by Gasteiger charge is 2.11. The summed E-state index contributed by atoms with van der Waals surface area (Å²) < 4.78 is 5.47. The molecule has 0 aliphatic carbocycles. The maximum absolute atomic E-state index is 5.47. The van der Waals surface area contributed by atoms with E-state index in [9.17, 15) is 0 Å². The molecule has 2 heterocycles. The molecule has 0 amide bonds. The Morgan fingerprint density at radius 1 is 1.09 bits per heavy atom. The fourth-order valence-electron chi connectivity index (χ4n) is 2.14. The molecule has 0 aliphatic rings. The van der Waals surface area contributed by atoms with E-state index in [0.717, 1.165) is 24.5 Å². The van der Waals surface area contributed by atoms with E-state index >= 15 is 0 Å². The van der Waals surface area contributed by atoms with Gasteiger partial charge in [0, 0.05) is 18.4 Å². The van der Waals surface area contributed by atoms with Crippen LogP contribution in [0.4, 0.5) is 5.82 Å². The molecule has 0 bridgehead atoms. The molecule has 0 spiro atoms. The normalized spacial score (nSPS) is 11.0. The molecule has 22 heavy (non-hydrogen) atoms. The van der Waals surface area contributed by atoms with Gasteiger partial charge in [-0.05, 0) is 31.2 Å². The zero-order chi connectivity index (χ0) is 15.4. The van der Waals surface area contributed by atoms with Gasteiger partial charge in [-0.15, -0.1) is 11.8 Å². The summed E-state index contributed by atoms with van der Waals surface area (Å²) in [6.07, 6.45) is 1.04. The van der Waals surface area contributed by atoms with Crippen LogP contribution in [0.2, 0.25) is 0 Å². The van der Waals surface area contributed by atoms with Gasteiger partial charge in [0.15, 0.2) is 17.2 Å². The number of thioether (sulfide) groups is 1. The average Bonchev–Trinajstić information content (AvgIpc) is 2.88. The summed E-state index contributed by atoms with van der Waals surface area (Å²) in [4.78, 5) is 14.3. The summed E-state index contributed by atoms with van der Waals surface area (Å²) in [5.41, 5.74) is 1.25. The van der Waals surface area contributed by atoms with Gasteiger partial charge in [-0.1, -0.05) is 18.2 Å². The minimum atomic E-state index is 0.547. The second-order valence-corrected chi connectivity index (χ2v) is 6.12. The fourth-order valence-corrected chi connectivity index (χ4v) is 3.02. The van der Waals surface area contributed by atoms with E-state index in [1.807, 2.05) is 31.7 Å². The van der Waals surface area contributed by atoms with Gasteiger partial charge in [-0.25, -0.2) is 9.97 Å². The van der Waals surface area contributed by atoms with Gasteiger partial charge in [0.2, 0.25) is 0 Å². The molecule has 3 aromatic rings. The van der Waals surface area contributed by atoms with Crippen LogP contribution in [0.5, 0.6) is 0 Å². The lowest BCUT2D eigenvalue weighted by molar-refractivity contribution is 0.550. The van der Waals surface area contributed by atoms with Crippen LogP contribution in [0.25, 0.3) is 11.2 Å². The predicted octanol–water partition coefficient (Wildman–Crippen LogP) is 3.83. The summed E-state index contributed by atoms with van der Waals surface area (Å²) in [5, 5.41) is 3.34. The van der Waals surface area contributed by atoms with Gasteiger partial charge >= 0.3 is 0 Å². The SMILES string of the molecule is Cc1nc(NCCCSc2ccccc2)c2nc(C)oc2n1. The van der Waals surface area contributed by atoms with E-state index in [-0.39, 0.29) is 0 Å². The molecule has 0 unspecified atom stereocenters. The standard InChI is InChI=1S/C16H18N4OS/c1-11-18-15(14-16(19-11)21-12(2)20-14)17-9-6-10-22-13-7-4-3-5-8-13/h3-5,7-8H,6,9-10H2,1-2H3,(H,17,18,19). The lowest BCUT2D eigenvalue weighted by Gasteiger charge is -2.06. The third-order valence-electron chi connectivity index (χ3n) is 3.10.